The molecule has 2 saturated heterocycles. The topological polar surface area (TPSA) is 74.5 Å². The van der Waals surface area contributed by atoms with Crippen LogP contribution < -0.4 is 9.64 Å². The number of hydrogen-bond acceptors (Lipinski definition) is 7. The summed E-state index contributed by atoms with van der Waals surface area (Å²) in [5, 5.41) is 9.74. The van der Waals surface area contributed by atoms with E-state index in [-0.39, 0.29) is 6.10 Å². The van der Waals surface area contributed by atoms with Gasteiger partial charge in [0.05, 0.1) is 24.5 Å². The van der Waals surface area contributed by atoms with Gasteiger partial charge in [0, 0.05) is 55.8 Å². The van der Waals surface area contributed by atoms with Gasteiger partial charge in [-0.2, -0.15) is 5.26 Å². The van der Waals surface area contributed by atoms with E-state index < -0.39 is 0 Å². The average molecular weight is 484 g/mol. The number of benzene rings is 2. The lowest BCUT2D eigenvalue weighted by Crippen LogP contribution is -2.31. The van der Waals surface area contributed by atoms with Gasteiger partial charge in [-0.05, 0) is 62.5 Å². The van der Waals surface area contributed by atoms with Gasteiger partial charge in [0.1, 0.15) is 23.7 Å². The van der Waals surface area contributed by atoms with Crippen molar-refractivity contribution < 1.29 is 9.47 Å². The minimum Gasteiger partial charge on any atom is -0.489 e. The van der Waals surface area contributed by atoms with Gasteiger partial charge in [0.25, 0.3) is 0 Å². The van der Waals surface area contributed by atoms with E-state index in [0.717, 1.165) is 43.0 Å². The highest BCUT2D eigenvalue weighted by molar-refractivity contribution is 5.64. The Morgan fingerprint density at radius 2 is 1.97 bits per heavy atom. The van der Waals surface area contributed by atoms with Crippen LogP contribution in [0, 0.1) is 11.3 Å². The highest BCUT2D eigenvalue weighted by atomic mass is 16.5. The summed E-state index contributed by atoms with van der Waals surface area (Å²) in [6.45, 7) is 3.53. The molecule has 0 saturated carbocycles. The molecule has 1 atom stereocenters. The Balaban J connectivity index is 1.30. The molecule has 3 heterocycles. The van der Waals surface area contributed by atoms with Crippen LogP contribution in [0.5, 0.6) is 5.75 Å². The van der Waals surface area contributed by atoms with Gasteiger partial charge in [0.15, 0.2) is 0 Å². The maximum absolute atomic E-state index is 9.74. The van der Waals surface area contributed by atoms with Crippen LogP contribution in [-0.2, 0) is 11.2 Å². The molecule has 0 radical (unpaired) electrons. The number of nitriles is 1. The minimum atomic E-state index is 0.0902. The molecule has 0 bridgehead atoms. The number of rotatable bonds is 7. The number of aromatic nitrogens is 2. The molecular formula is C29H33N5O2. The van der Waals surface area contributed by atoms with E-state index in [1.54, 1.807) is 6.20 Å². The number of nitrogens with zero attached hydrogens (tertiary/aromatic N) is 5. The molecule has 7 nitrogen and oxygen atoms in total. The molecule has 7 heteroatoms. The molecule has 186 valence electrons. The summed E-state index contributed by atoms with van der Waals surface area (Å²) in [5.74, 6) is 1.39. The Hall–Kier alpha value is -3.47. The van der Waals surface area contributed by atoms with Crippen molar-refractivity contribution >= 4 is 5.69 Å². The Morgan fingerprint density at radius 1 is 1.11 bits per heavy atom. The lowest BCUT2D eigenvalue weighted by Gasteiger charge is -2.23. The molecule has 2 aliphatic heterocycles. The predicted octanol–water partition coefficient (Wildman–Crippen LogP) is 4.30. The summed E-state index contributed by atoms with van der Waals surface area (Å²) in [6, 6.07) is 19.2. The van der Waals surface area contributed by atoms with E-state index in [4.69, 9.17) is 14.5 Å². The Labute approximate surface area is 213 Å². The van der Waals surface area contributed by atoms with Gasteiger partial charge in [-0.25, -0.2) is 9.97 Å². The molecule has 3 aromatic rings. The van der Waals surface area contributed by atoms with E-state index >= 15 is 0 Å². The van der Waals surface area contributed by atoms with Crippen molar-refractivity contribution in [2.24, 2.45) is 0 Å². The second-order valence-electron chi connectivity index (χ2n) is 9.81. The first kappa shape index (κ1) is 24.2. The summed E-state index contributed by atoms with van der Waals surface area (Å²) in [4.78, 5) is 14.1. The van der Waals surface area contributed by atoms with Gasteiger partial charge in [-0.1, -0.05) is 12.1 Å². The molecule has 2 aromatic carbocycles. The normalized spacial score (nSPS) is 18.4. The molecule has 1 unspecified atom stereocenters. The smallest absolute Gasteiger partial charge is 0.137 e. The number of ether oxygens (including phenoxy) is 2. The second kappa shape index (κ2) is 11.1. The van der Waals surface area contributed by atoms with E-state index in [2.05, 4.69) is 59.2 Å². The molecule has 2 aliphatic rings. The average Bonchev–Trinajstić information content (AvgIpc) is 3.41. The maximum Gasteiger partial charge on any atom is 0.137 e. The fourth-order valence-electron chi connectivity index (χ4n) is 4.94. The fraction of sp³-hybridized carbons (Fsp3) is 0.414. The third-order valence-electron chi connectivity index (χ3n) is 7.09. The Kier molecular flexibility index (Phi) is 7.45. The first-order valence-electron chi connectivity index (χ1n) is 12.7. The van der Waals surface area contributed by atoms with Crippen LogP contribution in [0.25, 0.3) is 11.3 Å². The molecule has 2 fully saturated rings. The molecule has 1 aromatic heterocycles. The standard InChI is InChI=1S/C29H33N5O2/c1-33(2)25-9-13-34(20-25)24-5-3-4-21(16-24)17-29-31-12-8-27(32-29)22-6-7-28(23(18-22)19-30)36-26-10-14-35-15-11-26/h3-8,12,16,18,25-26H,9-11,13-15,17,20H2,1-2H3. The van der Waals surface area contributed by atoms with Crippen LogP contribution in [0.2, 0.25) is 0 Å². The zero-order valence-corrected chi connectivity index (χ0v) is 21.1. The van der Waals surface area contributed by atoms with Crippen molar-refractivity contribution in [2.75, 3.05) is 45.3 Å². The third-order valence-corrected chi connectivity index (χ3v) is 7.09. The van der Waals surface area contributed by atoms with Crippen molar-refractivity contribution in [1.82, 2.24) is 14.9 Å². The summed E-state index contributed by atoms with van der Waals surface area (Å²) in [6.07, 6.45) is 5.41. The summed E-state index contributed by atoms with van der Waals surface area (Å²) >= 11 is 0. The Bertz CT molecular complexity index is 1230. The lowest BCUT2D eigenvalue weighted by molar-refractivity contribution is 0.0254. The monoisotopic (exact) mass is 483 g/mol. The summed E-state index contributed by atoms with van der Waals surface area (Å²) < 4.78 is 11.5. The lowest BCUT2D eigenvalue weighted by atomic mass is 10.1. The second-order valence-corrected chi connectivity index (χ2v) is 9.81. The first-order chi connectivity index (χ1) is 17.6. The van der Waals surface area contributed by atoms with Crippen LogP contribution in [0.15, 0.2) is 54.7 Å². The van der Waals surface area contributed by atoms with Crippen LogP contribution in [-0.4, -0.2) is 67.4 Å². The maximum atomic E-state index is 9.74. The zero-order valence-electron chi connectivity index (χ0n) is 21.1. The third kappa shape index (κ3) is 5.67. The molecule has 5 rings (SSSR count). The van der Waals surface area contributed by atoms with Crippen molar-refractivity contribution in [3.05, 3.63) is 71.7 Å². The van der Waals surface area contributed by atoms with Crippen LogP contribution in [0.4, 0.5) is 5.69 Å². The van der Waals surface area contributed by atoms with E-state index in [0.29, 0.717) is 37.0 Å². The first-order valence-corrected chi connectivity index (χ1v) is 12.7. The number of likely N-dealkylation sites (N-methyl/N-ethyl adjacent to an activating group) is 1. The van der Waals surface area contributed by atoms with E-state index in [1.165, 1.54) is 17.7 Å². The van der Waals surface area contributed by atoms with Crippen molar-refractivity contribution in [2.45, 2.75) is 37.8 Å². The van der Waals surface area contributed by atoms with Gasteiger partial charge in [-0.3, -0.25) is 0 Å². The SMILES string of the molecule is CN(C)C1CCN(c2cccc(Cc3nccc(-c4ccc(OC5CCOCC5)c(C#N)c4)n3)c2)C1. The molecule has 0 N–H and O–H groups in total. The highest BCUT2D eigenvalue weighted by Gasteiger charge is 2.24. The van der Waals surface area contributed by atoms with Gasteiger partial charge >= 0.3 is 0 Å². The summed E-state index contributed by atoms with van der Waals surface area (Å²) in [5.41, 5.74) is 4.66. The van der Waals surface area contributed by atoms with Crippen LogP contribution >= 0.6 is 0 Å². The molecule has 36 heavy (non-hydrogen) atoms. The molecular weight excluding hydrogens is 450 g/mol. The number of anilines is 1. The van der Waals surface area contributed by atoms with Crippen LogP contribution in [0.3, 0.4) is 0 Å². The van der Waals surface area contributed by atoms with Crippen molar-refractivity contribution in [3.8, 4) is 23.1 Å². The highest BCUT2D eigenvalue weighted by Crippen LogP contribution is 2.28. The van der Waals surface area contributed by atoms with Gasteiger partial charge in [0.2, 0.25) is 0 Å². The van der Waals surface area contributed by atoms with Gasteiger partial charge in [-0.15, -0.1) is 0 Å². The Morgan fingerprint density at radius 3 is 2.75 bits per heavy atom. The van der Waals surface area contributed by atoms with Crippen molar-refractivity contribution in [1.29, 1.82) is 5.26 Å². The molecule has 0 spiro atoms. The van der Waals surface area contributed by atoms with Crippen LogP contribution in [0.1, 0.15) is 36.2 Å². The number of hydrogen-bond donors (Lipinski definition) is 0. The quantitative estimate of drug-likeness (QED) is 0.496. The molecule has 0 amide bonds. The summed E-state index contributed by atoms with van der Waals surface area (Å²) in [7, 11) is 4.31. The van der Waals surface area contributed by atoms with Crippen molar-refractivity contribution in [3.63, 3.8) is 0 Å². The minimum absolute atomic E-state index is 0.0902. The largest absolute Gasteiger partial charge is 0.489 e. The van der Waals surface area contributed by atoms with E-state index in [9.17, 15) is 5.26 Å². The zero-order chi connectivity index (χ0) is 24.9. The fourth-order valence-corrected chi connectivity index (χ4v) is 4.94. The van der Waals surface area contributed by atoms with E-state index in [1.807, 2.05) is 24.3 Å². The van der Waals surface area contributed by atoms with Gasteiger partial charge < -0.3 is 19.3 Å². The molecule has 0 aliphatic carbocycles. The predicted molar refractivity (Wildman–Crippen MR) is 140 cm³/mol.